The number of nitro benzene ring substituents is 1. The van der Waals surface area contributed by atoms with Gasteiger partial charge in [0.15, 0.2) is 0 Å². The summed E-state index contributed by atoms with van der Waals surface area (Å²) in [6.07, 6.45) is -0.160. The lowest BCUT2D eigenvalue weighted by Gasteiger charge is -2.06. The fourth-order valence-corrected chi connectivity index (χ4v) is 3.30. The molecular formula is C17H18N2O5S. The zero-order valence-corrected chi connectivity index (χ0v) is 14.9. The number of methoxy groups -OCH3 is 1. The molecule has 1 amide bonds. The molecule has 25 heavy (non-hydrogen) atoms. The highest BCUT2D eigenvalue weighted by molar-refractivity contribution is 7.16. The number of ether oxygens (including phenoxy) is 1. The highest BCUT2D eigenvalue weighted by Gasteiger charge is 2.21. The van der Waals surface area contributed by atoms with E-state index in [-0.39, 0.29) is 23.6 Å². The van der Waals surface area contributed by atoms with E-state index in [9.17, 15) is 19.7 Å². The predicted octanol–water partition coefficient (Wildman–Crippen LogP) is 3.75. The maximum absolute atomic E-state index is 12.3. The molecule has 2 aromatic rings. The molecule has 1 N–H and O–H groups in total. The van der Waals surface area contributed by atoms with Crippen LogP contribution in [0.5, 0.6) is 0 Å². The molecule has 8 heteroatoms. The van der Waals surface area contributed by atoms with Crippen molar-refractivity contribution in [2.45, 2.75) is 26.2 Å². The van der Waals surface area contributed by atoms with E-state index in [0.717, 1.165) is 4.88 Å². The summed E-state index contributed by atoms with van der Waals surface area (Å²) < 4.78 is 4.75. The number of nitrogens with one attached hydrogen (secondary N) is 1. The molecular weight excluding hydrogens is 344 g/mol. The Morgan fingerprint density at radius 1 is 1.32 bits per heavy atom. The highest BCUT2D eigenvalue weighted by atomic mass is 32.1. The molecule has 2 rings (SSSR count). The third kappa shape index (κ3) is 4.42. The first-order chi connectivity index (χ1) is 11.8. The molecule has 0 atom stereocenters. The van der Waals surface area contributed by atoms with E-state index in [0.29, 0.717) is 10.6 Å². The number of carbonyl (C=O) groups is 2. The van der Waals surface area contributed by atoms with Crippen LogP contribution in [-0.2, 0) is 16.0 Å². The third-order valence-corrected chi connectivity index (χ3v) is 4.87. The standard InChI is InChI=1S/C17H18N2O5S/c1-10(2)14-9-12(17(21)24-3)16(25-14)18-15(20)8-11-6-4-5-7-13(11)19(22)23/h4-7,9-10H,8H2,1-3H3,(H,18,20). The van der Waals surface area contributed by atoms with Gasteiger partial charge in [-0.15, -0.1) is 11.3 Å². The van der Waals surface area contributed by atoms with Crippen LogP contribution < -0.4 is 5.32 Å². The Morgan fingerprint density at radius 2 is 2.00 bits per heavy atom. The normalized spacial score (nSPS) is 10.6. The Hall–Kier alpha value is -2.74. The number of hydrogen-bond donors (Lipinski definition) is 1. The summed E-state index contributed by atoms with van der Waals surface area (Å²) in [7, 11) is 1.27. The zero-order chi connectivity index (χ0) is 18.6. The molecule has 7 nitrogen and oxygen atoms in total. The quantitative estimate of drug-likeness (QED) is 0.479. The second-order valence-corrected chi connectivity index (χ2v) is 6.73. The van der Waals surface area contributed by atoms with Crippen molar-refractivity contribution >= 4 is 33.9 Å². The van der Waals surface area contributed by atoms with Crippen LogP contribution in [0, 0.1) is 10.1 Å². The Bertz CT molecular complexity index is 813. The van der Waals surface area contributed by atoms with Crippen LogP contribution in [0.4, 0.5) is 10.7 Å². The summed E-state index contributed by atoms with van der Waals surface area (Å²) in [4.78, 5) is 35.7. The first kappa shape index (κ1) is 18.6. The number of rotatable bonds is 6. The molecule has 0 bridgehead atoms. The average Bonchev–Trinajstić information content (AvgIpc) is 2.98. The summed E-state index contributed by atoms with van der Waals surface area (Å²) in [5.41, 5.74) is 0.484. The van der Waals surface area contributed by atoms with Gasteiger partial charge in [0.05, 0.1) is 24.0 Å². The van der Waals surface area contributed by atoms with Gasteiger partial charge < -0.3 is 10.1 Å². The minimum atomic E-state index is -0.538. The zero-order valence-electron chi connectivity index (χ0n) is 14.1. The first-order valence-corrected chi connectivity index (χ1v) is 8.39. The van der Waals surface area contributed by atoms with Crippen molar-refractivity contribution in [1.29, 1.82) is 0 Å². The third-order valence-electron chi connectivity index (χ3n) is 3.52. The summed E-state index contributed by atoms with van der Waals surface area (Å²) in [5.74, 6) is -0.782. The predicted molar refractivity (Wildman–Crippen MR) is 95.2 cm³/mol. The number of carbonyl (C=O) groups excluding carboxylic acids is 2. The molecule has 0 fully saturated rings. The van der Waals surface area contributed by atoms with Crippen molar-refractivity contribution in [3.63, 3.8) is 0 Å². The number of benzene rings is 1. The molecule has 0 saturated carbocycles. The second kappa shape index (κ2) is 7.89. The van der Waals surface area contributed by atoms with E-state index >= 15 is 0 Å². The van der Waals surface area contributed by atoms with Crippen LogP contribution in [0.1, 0.15) is 40.6 Å². The maximum Gasteiger partial charge on any atom is 0.340 e. The molecule has 0 unspecified atom stereocenters. The van der Waals surface area contributed by atoms with Crippen molar-refractivity contribution in [2.24, 2.45) is 0 Å². The number of nitrogens with zero attached hydrogens (tertiary/aromatic N) is 1. The number of esters is 1. The molecule has 1 aromatic heterocycles. The Kier molecular flexibility index (Phi) is 5.87. The lowest BCUT2D eigenvalue weighted by molar-refractivity contribution is -0.385. The van der Waals surface area contributed by atoms with Crippen molar-refractivity contribution in [1.82, 2.24) is 0 Å². The van der Waals surface area contributed by atoms with Crippen molar-refractivity contribution in [3.8, 4) is 0 Å². The van der Waals surface area contributed by atoms with Gasteiger partial charge in [-0.3, -0.25) is 14.9 Å². The van der Waals surface area contributed by atoms with Gasteiger partial charge in [-0.25, -0.2) is 4.79 Å². The number of amides is 1. The van der Waals surface area contributed by atoms with Crippen LogP contribution in [0.3, 0.4) is 0 Å². The van der Waals surface area contributed by atoms with Gasteiger partial charge in [-0.1, -0.05) is 32.0 Å². The van der Waals surface area contributed by atoms with Gasteiger partial charge in [0.1, 0.15) is 5.00 Å². The van der Waals surface area contributed by atoms with Gasteiger partial charge >= 0.3 is 5.97 Å². The summed E-state index contributed by atoms with van der Waals surface area (Å²) in [5, 5.41) is 14.1. The summed E-state index contributed by atoms with van der Waals surface area (Å²) in [6, 6.07) is 7.76. The van der Waals surface area contributed by atoms with Gasteiger partial charge in [0.25, 0.3) is 5.69 Å². The molecule has 132 valence electrons. The molecule has 0 aliphatic heterocycles. The average molecular weight is 362 g/mol. The van der Waals surface area contributed by atoms with E-state index in [1.54, 1.807) is 18.2 Å². The fraction of sp³-hybridized carbons (Fsp3) is 0.294. The minimum Gasteiger partial charge on any atom is -0.465 e. The summed E-state index contributed by atoms with van der Waals surface area (Å²) in [6.45, 7) is 3.96. The maximum atomic E-state index is 12.3. The largest absolute Gasteiger partial charge is 0.465 e. The van der Waals surface area contributed by atoms with Crippen molar-refractivity contribution in [2.75, 3.05) is 12.4 Å². The summed E-state index contributed by atoms with van der Waals surface area (Å²) >= 11 is 1.29. The van der Waals surface area contributed by atoms with Crippen LogP contribution in [0.2, 0.25) is 0 Å². The van der Waals surface area contributed by atoms with Crippen LogP contribution in [-0.4, -0.2) is 23.9 Å². The van der Waals surface area contributed by atoms with E-state index in [1.165, 1.54) is 30.6 Å². The van der Waals surface area contributed by atoms with Gasteiger partial charge in [-0.2, -0.15) is 0 Å². The molecule has 0 radical (unpaired) electrons. The van der Waals surface area contributed by atoms with E-state index in [1.807, 2.05) is 13.8 Å². The number of para-hydroxylation sites is 1. The van der Waals surface area contributed by atoms with Gasteiger partial charge in [-0.05, 0) is 12.0 Å². The van der Waals surface area contributed by atoms with Crippen LogP contribution in [0.15, 0.2) is 30.3 Å². The smallest absolute Gasteiger partial charge is 0.340 e. The van der Waals surface area contributed by atoms with Crippen LogP contribution >= 0.6 is 11.3 Å². The Morgan fingerprint density at radius 3 is 2.60 bits per heavy atom. The van der Waals surface area contributed by atoms with Gasteiger partial charge in [0, 0.05) is 16.5 Å². The number of anilines is 1. The first-order valence-electron chi connectivity index (χ1n) is 7.57. The molecule has 0 aliphatic carbocycles. The van der Waals surface area contributed by atoms with Crippen molar-refractivity contribution < 1.29 is 19.2 Å². The second-order valence-electron chi connectivity index (χ2n) is 5.65. The topological polar surface area (TPSA) is 98.5 Å². The molecule has 0 spiro atoms. The molecule has 0 aliphatic rings. The van der Waals surface area contributed by atoms with E-state index < -0.39 is 16.8 Å². The Balaban J connectivity index is 2.23. The number of hydrogen-bond acceptors (Lipinski definition) is 6. The molecule has 1 heterocycles. The van der Waals surface area contributed by atoms with Crippen LogP contribution in [0.25, 0.3) is 0 Å². The fourth-order valence-electron chi connectivity index (χ4n) is 2.23. The lowest BCUT2D eigenvalue weighted by atomic mass is 10.1. The monoisotopic (exact) mass is 362 g/mol. The number of nitro groups is 1. The van der Waals surface area contributed by atoms with E-state index in [4.69, 9.17) is 4.74 Å². The van der Waals surface area contributed by atoms with E-state index in [2.05, 4.69) is 5.32 Å². The SMILES string of the molecule is COC(=O)c1cc(C(C)C)sc1NC(=O)Cc1ccccc1[N+](=O)[O-]. The van der Waals surface area contributed by atoms with Gasteiger partial charge in [0.2, 0.25) is 5.91 Å². The number of thiophene rings is 1. The van der Waals surface area contributed by atoms with Crippen molar-refractivity contribution in [3.05, 3.63) is 56.5 Å². The molecule has 1 aromatic carbocycles. The highest BCUT2D eigenvalue weighted by Crippen LogP contribution is 2.33. The Labute approximate surface area is 148 Å². The minimum absolute atomic E-state index is 0.111. The molecule has 0 saturated heterocycles. The lowest BCUT2D eigenvalue weighted by Crippen LogP contribution is -2.16.